The normalized spacial score (nSPS) is 16.1. The topological polar surface area (TPSA) is 36.7 Å². The van der Waals surface area contributed by atoms with E-state index in [4.69, 9.17) is 4.42 Å². The number of carbonyl (C=O) groups excluding carboxylic acids is 1. The van der Waals surface area contributed by atoms with Crippen molar-refractivity contribution in [3.05, 3.63) is 53.7 Å². The number of hydrogen-bond acceptors (Lipinski definition) is 4. The van der Waals surface area contributed by atoms with E-state index in [9.17, 15) is 9.18 Å². The zero-order valence-corrected chi connectivity index (χ0v) is 11.7. The molecule has 1 fully saturated rings. The molecule has 3 rings (SSSR count). The van der Waals surface area contributed by atoms with Gasteiger partial charge in [-0.25, -0.2) is 4.39 Å². The molecule has 110 valence electrons. The van der Waals surface area contributed by atoms with Crippen LogP contribution in [0.2, 0.25) is 0 Å². The van der Waals surface area contributed by atoms with Gasteiger partial charge in [-0.2, -0.15) is 0 Å². The molecule has 2 aromatic rings. The average Bonchev–Trinajstić information content (AvgIpc) is 2.97. The number of carbonyl (C=O) groups is 1. The SMILES string of the molecule is O=Cc1ccc(CN2CCN(c3ccc(F)cc3)CC2)o1. The van der Waals surface area contributed by atoms with E-state index in [2.05, 4.69) is 9.80 Å². The van der Waals surface area contributed by atoms with Crippen molar-refractivity contribution in [1.82, 2.24) is 4.90 Å². The molecular formula is C16H17FN2O2. The lowest BCUT2D eigenvalue weighted by Gasteiger charge is -2.35. The van der Waals surface area contributed by atoms with Crippen molar-refractivity contribution < 1.29 is 13.6 Å². The fourth-order valence-electron chi connectivity index (χ4n) is 2.58. The average molecular weight is 288 g/mol. The second-order valence-electron chi connectivity index (χ2n) is 5.16. The Morgan fingerprint density at radius 2 is 1.76 bits per heavy atom. The quantitative estimate of drug-likeness (QED) is 0.810. The minimum absolute atomic E-state index is 0.207. The number of rotatable bonds is 4. The van der Waals surface area contributed by atoms with Gasteiger partial charge in [-0.1, -0.05) is 0 Å². The Balaban J connectivity index is 1.55. The van der Waals surface area contributed by atoms with Gasteiger partial charge in [-0.15, -0.1) is 0 Å². The molecule has 0 unspecified atom stereocenters. The Bertz CT molecular complexity index is 601. The molecule has 0 bridgehead atoms. The van der Waals surface area contributed by atoms with Crippen LogP contribution < -0.4 is 4.90 Å². The summed E-state index contributed by atoms with van der Waals surface area (Å²) in [4.78, 5) is 15.1. The van der Waals surface area contributed by atoms with Crippen LogP contribution in [-0.4, -0.2) is 37.4 Å². The van der Waals surface area contributed by atoms with Gasteiger partial charge in [-0.3, -0.25) is 9.69 Å². The minimum atomic E-state index is -0.207. The van der Waals surface area contributed by atoms with E-state index in [1.807, 2.05) is 18.2 Å². The maximum atomic E-state index is 12.9. The third-order valence-corrected chi connectivity index (χ3v) is 3.74. The predicted molar refractivity (Wildman–Crippen MR) is 78.0 cm³/mol. The van der Waals surface area contributed by atoms with Gasteiger partial charge in [0.15, 0.2) is 12.0 Å². The summed E-state index contributed by atoms with van der Waals surface area (Å²) in [5.74, 6) is 0.975. The lowest BCUT2D eigenvalue weighted by Crippen LogP contribution is -2.45. The number of halogens is 1. The summed E-state index contributed by atoms with van der Waals surface area (Å²) in [6.07, 6.45) is 0.718. The monoisotopic (exact) mass is 288 g/mol. The second kappa shape index (κ2) is 6.10. The Kier molecular flexibility index (Phi) is 4.01. The van der Waals surface area contributed by atoms with E-state index >= 15 is 0 Å². The summed E-state index contributed by atoms with van der Waals surface area (Å²) < 4.78 is 18.3. The molecule has 2 heterocycles. The Morgan fingerprint density at radius 1 is 1.05 bits per heavy atom. The van der Waals surface area contributed by atoms with Crippen LogP contribution in [0, 0.1) is 5.82 Å². The zero-order valence-electron chi connectivity index (χ0n) is 11.7. The van der Waals surface area contributed by atoms with Crippen molar-refractivity contribution in [3.8, 4) is 0 Å². The van der Waals surface area contributed by atoms with Crippen LogP contribution in [0.4, 0.5) is 10.1 Å². The number of hydrogen-bond donors (Lipinski definition) is 0. The third-order valence-electron chi connectivity index (χ3n) is 3.74. The van der Waals surface area contributed by atoms with Crippen LogP contribution in [0.15, 0.2) is 40.8 Å². The molecule has 0 saturated carbocycles. The molecule has 21 heavy (non-hydrogen) atoms. The first kappa shape index (κ1) is 13.8. The van der Waals surface area contributed by atoms with Crippen LogP contribution in [-0.2, 0) is 6.54 Å². The number of anilines is 1. The smallest absolute Gasteiger partial charge is 0.185 e. The summed E-state index contributed by atoms with van der Waals surface area (Å²) in [5.41, 5.74) is 1.05. The van der Waals surface area contributed by atoms with Gasteiger partial charge in [0.05, 0.1) is 6.54 Å². The fraction of sp³-hybridized carbons (Fsp3) is 0.312. The van der Waals surface area contributed by atoms with Crippen LogP contribution in [0.25, 0.3) is 0 Å². The van der Waals surface area contributed by atoms with E-state index in [-0.39, 0.29) is 5.82 Å². The number of piperazine rings is 1. The minimum Gasteiger partial charge on any atom is -0.457 e. The molecule has 1 saturated heterocycles. The molecule has 0 amide bonds. The largest absolute Gasteiger partial charge is 0.457 e. The second-order valence-corrected chi connectivity index (χ2v) is 5.16. The number of furan rings is 1. The summed E-state index contributed by atoms with van der Waals surface area (Å²) in [6.45, 7) is 4.33. The molecule has 0 radical (unpaired) electrons. The summed E-state index contributed by atoms with van der Waals surface area (Å²) >= 11 is 0. The highest BCUT2D eigenvalue weighted by molar-refractivity contribution is 5.70. The Hall–Kier alpha value is -2.14. The van der Waals surface area contributed by atoms with Crippen molar-refractivity contribution in [1.29, 1.82) is 0 Å². The van der Waals surface area contributed by atoms with Crippen molar-refractivity contribution in [2.45, 2.75) is 6.54 Å². The molecule has 1 aromatic carbocycles. The van der Waals surface area contributed by atoms with Crippen LogP contribution >= 0.6 is 0 Å². The van der Waals surface area contributed by atoms with Crippen LogP contribution in [0.1, 0.15) is 16.3 Å². The van der Waals surface area contributed by atoms with Gasteiger partial charge in [-0.05, 0) is 36.4 Å². The predicted octanol–water partition coefficient (Wildman–Crippen LogP) is 2.55. The van der Waals surface area contributed by atoms with Gasteiger partial charge < -0.3 is 9.32 Å². The molecule has 4 nitrogen and oxygen atoms in total. The van der Waals surface area contributed by atoms with E-state index in [1.54, 1.807) is 6.07 Å². The molecule has 0 atom stereocenters. The molecule has 5 heteroatoms. The van der Waals surface area contributed by atoms with Gasteiger partial charge >= 0.3 is 0 Å². The van der Waals surface area contributed by atoms with Crippen molar-refractivity contribution in [2.24, 2.45) is 0 Å². The fourth-order valence-corrected chi connectivity index (χ4v) is 2.58. The molecule has 1 aromatic heterocycles. The molecule has 0 aliphatic carbocycles. The number of aldehydes is 1. The van der Waals surface area contributed by atoms with Crippen LogP contribution in [0.3, 0.4) is 0 Å². The first-order chi connectivity index (χ1) is 10.2. The van der Waals surface area contributed by atoms with E-state index < -0.39 is 0 Å². The maximum Gasteiger partial charge on any atom is 0.185 e. The molecule has 1 aliphatic heterocycles. The van der Waals surface area contributed by atoms with Crippen molar-refractivity contribution >= 4 is 12.0 Å². The van der Waals surface area contributed by atoms with Crippen molar-refractivity contribution in [3.63, 3.8) is 0 Å². The van der Waals surface area contributed by atoms with Gasteiger partial charge in [0.25, 0.3) is 0 Å². The highest BCUT2D eigenvalue weighted by Crippen LogP contribution is 2.18. The molecule has 0 spiro atoms. The van der Waals surface area contributed by atoms with E-state index in [0.717, 1.165) is 43.9 Å². The highest BCUT2D eigenvalue weighted by atomic mass is 19.1. The lowest BCUT2D eigenvalue weighted by molar-refractivity contribution is 0.109. The van der Waals surface area contributed by atoms with E-state index in [0.29, 0.717) is 12.3 Å². The molecule has 0 N–H and O–H groups in total. The summed E-state index contributed by atoms with van der Waals surface area (Å²) in [5, 5.41) is 0. The zero-order chi connectivity index (χ0) is 14.7. The van der Waals surface area contributed by atoms with Crippen LogP contribution in [0.5, 0.6) is 0 Å². The first-order valence-corrected chi connectivity index (χ1v) is 7.01. The van der Waals surface area contributed by atoms with Gasteiger partial charge in [0.1, 0.15) is 11.6 Å². The molecular weight excluding hydrogens is 271 g/mol. The molecule has 1 aliphatic rings. The van der Waals surface area contributed by atoms with E-state index in [1.165, 1.54) is 12.1 Å². The third kappa shape index (κ3) is 3.31. The van der Waals surface area contributed by atoms with Gasteiger partial charge in [0.2, 0.25) is 0 Å². The van der Waals surface area contributed by atoms with Gasteiger partial charge in [0, 0.05) is 31.9 Å². The summed E-state index contributed by atoms with van der Waals surface area (Å²) in [7, 11) is 0. The number of benzene rings is 1. The van der Waals surface area contributed by atoms with Crippen molar-refractivity contribution in [2.75, 3.05) is 31.1 Å². The number of nitrogens with zero attached hydrogens (tertiary/aromatic N) is 2. The standard InChI is InChI=1S/C16H17FN2O2/c17-13-1-3-14(4-2-13)19-9-7-18(8-10-19)11-15-5-6-16(12-20)21-15/h1-6,12H,7-11H2. The Morgan fingerprint density at radius 3 is 2.38 bits per heavy atom. The summed E-state index contributed by atoms with van der Waals surface area (Å²) in [6, 6.07) is 10.1. The maximum absolute atomic E-state index is 12.9. The Labute approximate surface area is 122 Å². The highest BCUT2D eigenvalue weighted by Gasteiger charge is 2.18. The first-order valence-electron chi connectivity index (χ1n) is 7.01. The lowest BCUT2D eigenvalue weighted by atomic mass is 10.2.